The van der Waals surface area contributed by atoms with Crippen LogP contribution >= 0.6 is 11.8 Å². The van der Waals surface area contributed by atoms with E-state index < -0.39 is 34.6 Å². The first-order chi connectivity index (χ1) is 13.2. The molecule has 1 aliphatic heterocycles. The predicted octanol–water partition coefficient (Wildman–Crippen LogP) is 4.09. The van der Waals surface area contributed by atoms with E-state index in [1.54, 1.807) is 0 Å². The van der Waals surface area contributed by atoms with Gasteiger partial charge < -0.3 is 10.6 Å². The van der Waals surface area contributed by atoms with E-state index in [4.69, 9.17) is 0 Å². The number of amidine groups is 1. The standard InChI is InChI=1S/C18H13F4N3O2S/c19-10-5-7-11(8-6-10)23-15(26)9-14-16(27)25-17(28-14)24-13-4-2-1-3-12(13)18(20,21)22/h1-8,14H,9H2,(H,23,26)(H,24,25,27)/t14-/m1/s1. The Morgan fingerprint density at radius 2 is 1.82 bits per heavy atom. The van der Waals surface area contributed by atoms with Crippen LogP contribution in [0.1, 0.15) is 12.0 Å². The highest BCUT2D eigenvalue weighted by molar-refractivity contribution is 8.15. The van der Waals surface area contributed by atoms with Gasteiger partial charge in [0.15, 0.2) is 5.17 Å². The third kappa shape index (κ3) is 4.89. The van der Waals surface area contributed by atoms with Gasteiger partial charge in [0.2, 0.25) is 11.8 Å². The van der Waals surface area contributed by atoms with Gasteiger partial charge in [-0.3, -0.25) is 9.59 Å². The maximum Gasteiger partial charge on any atom is 0.418 e. The number of hydrogen-bond donors (Lipinski definition) is 2. The minimum Gasteiger partial charge on any atom is -0.326 e. The summed E-state index contributed by atoms with van der Waals surface area (Å²) in [5, 5.41) is 4.06. The summed E-state index contributed by atoms with van der Waals surface area (Å²) in [7, 11) is 0. The Kier molecular flexibility index (Phi) is 5.68. The molecule has 1 heterocycles. The molecule has 0 aliphatic carbocycles. The van der Waals surface area contributed by atoms with Crippen molar-refractivity contribution in [3.05, 3.63) is 59.9 Å². The SMILES string of the molecule is O=C(C[C@H]1SC(=Nc2ccccc2C(F)(F)F)NC1=O)Nc1ccc(F)cc1. The van der Waals surface area contributed by atoms with Gasteiger partial charge in [-0.1, -0.05) is 23.9 Å². The molecule has 1 atom stereocenters. The molecule has 2 aromatic carbocycles. The highest BCUT2D eigenvalue weighted by Gasteiger charge is 2.35. The van der Waals surface area contributed by atoms with Crippen LogP contribution in [0.15, 0.2) is 53.5 Å². The molecule has 0 saturated carbocycles. The lowest BCUT2D eigenvalue weighted by atomic mass is 10.2. The molecule has 2 N–H and O–H groups in total. The number of halogens is 4. The number of rotatable bonds is 4. The number of nitrogens with one attached hydrogen (secondary N) is 2. The largest absolute Gasteiger partial charge is 0.418 e. The van der Waals surface area contributed by atoms with Crippen LogP contribution in [0, 0.1) is 5.82 Å². The maximum atomic E-state index is 13.0. The summed E-state index contributed by atoms with van der Waals surface area (Å²) in [6.45, 7) is 0. The first kappa shape index (κ1) is 19.9. The van der Waals surface area contributed by atoms with Crippen molar-refractivity contribution in [3.8, 4) is 0 Å². The van der Waals surface area contributed by atoms with Crippen molar-refractivity contribution >= 4 is 40.1 Å². The second kappa shape index (κ2) is 8.01. The minimum atomic E-state index is -4.58. The Labute approximate surface area is 161 Å². The number of anilines is 1. The van der Waals surface area contributed by atoms with Gasteiger partial charge >= 0.3 is 6.18 Å². The summed E-state index contributed by atoms with van der Waals surface area (Å²) in [6.07, 6.45) is -4.80. The van der Waals surface area contributed by atoms with E-state index >= 15 is 0 Å². The molecule has 28 heavy (non-hydrogen) atoms. The zero-order valence-electron chi connectivity index (χ0n) is 14.1. The van der Waals surface area contributed by atoms with E-state index in [0.717, 1.165) is 17.8 Å². The van der Waals surface area contributed by atoms with Gasteiger partial charge in [-0.2, -0.15) is 13.2 Å². The van der Waals surface area contributed by atoms with E-state index in [9.17, 15) is 27.2 Å². The quantitative estimate of drug-likeness (QED) is 0.745. The molecule has 1 fully saturated rings. The Bertz CT molecular complexity index is 929. The van der Waals surface area contributed by atoms with E-state index in [2.05, 4.69) is 15.6 Å². The molecular weight excluding hydrogens is 398 g/mol. The first-order valence-electron chi connectivity index (χ1n) is 8.00. The van der Waals surface area contributed by atoms with Crippen molar-refractivity contribution in [2.45, 2.75) is 17.8 Å². The normalized spacial score (nSPS) is 18.2. The van der Waals surface area contributed by atoms with Crippen molar-refractivity contribution in [2.75, 3.05) is 5.32 Å². The maximum absolute atomic E-state index is 13.0. The Morgan fingerprint density at radius 3 is 2.50 bits per heavy atom. The van der Waals surface area contributed by atoms with Gasteiger partial charge in [0.1, 0.15) is 11.1 Å². The molecule has 10 heteroatoms. The van der Waals surface area contributed by atoms with E-state index in [1.165, 1.54) is 42.5 Å². The van der Waals surface area contributed by atoms with Crippen LogP contribution in [-0.2, 0) is 15.8 Å². The molecule has 2 aromatic rings. The monoisotopic (exact) mass is 411 g/mol. The van der Waals surface area contributed by atoms with Crippen LogP contribution in [0.3, 0.4) is 0 Å². The van der Waals surface area contributed by atoms with Crippen molar-refractivity contribution < 1.29 is 27.2 Å². The van der Waals surface area contributed by atoms with Crippen molar-refractivity contribution in [1.29, 1.82) is 0 Å². The summed E-state index contributed by atoms with van der Waals surface area (Å²) < 4.78 is 52.0. The average molecular weight is 411 g/mol. The number of carbonyl (C=O) groups is 2. The van der Waals surface area contributed by atoms with Crippen LogP contribution in [0.4, 0.5) is 28.9 Å². The van der Waals surface area contributed by atoms with Crippen LogP contribution < -0.4 is 10.6 Å². The van der Waals surface area contributed by atoms with Crippen molar-refractivity contribution in [2.24, 2.45) is 4.99 Å². The van der Waals surface area contributed by atoms with Gasteiger partial charge in [-0.05, 0) is 36.4 Å². The fourth-order valence-corrected chi connectivity index (χ4v) is 3.41. The second-order valence-electron chi connectivity index (χ2n) is 5.79. The molecule has 0 aromatic heterocycles. The lowest BCUT2D eigenvalue weighted by Crippen LogP contribution is -2.28. The minimum absolute atomic E-state index is 0.0127. The lowest BCUT2D eigenvalue weighted by molar-refractivity contribution is -0.137. The average Bonchev–Trinajstić information content (AvgIpc) is 2.95. The Balaban J connectivity index is 1.68. The second-order valence-corrected chi connectivity index (χ2v) is 6.98. The van der Waals surface area contributed by atoms with E-state index in [1.807, 2.05) is 0 Å². The molecule has 3 rings (SSSR count). The number of thioether (sulfide) groups is 1. The highest BCUT2D eigenvalue weighted by atomic mass is 32.2. The number of nitrogens with zero attached hydrogens (tertiary/aromatic N) is 1. The van der Waals surface area contributed by atoms with Gasteiger partial charge in [-0.15, -0.1) is 0 Å². The smallest absolute Gasteiger partial charge is 0.326 e. The van der Waals surface area contributed by atoms with E-state index in [0.29, 0.717) is 5.69 Å². The number of hydrogen-bond acceptors (Lipinski definition) is 4. The summed E-state index contributed by atoms with van der Waals surface area (Å²) in [4.78, 5) is 28.0. The van der Waals surface area contributed by atoms with Gasteiger partial charge in [-0.25, -0.2) is 9.38 Å². The third-order valence-electron chi connectivity index (χ3n) is 3.71. The van der Waals surface area contributed by atoms with Crippen LogP contribution in [-0.4, -0.2) is 22.2 Å². The number of para-hydroxylation sites is 1. The summed E-state index contributed by atoms with van der Waals surface area (Å²) in [5.74, 6) is -1.47. The molecule has 146 valence electrons. The summed E-state index contributed by atoms with van der Waals surface area (Å²) in [5.41, 5.74) is -0.883. The lowest BCUT2D eigenvalue weighted by Gasteiger charge is -2.09. The number of amides is 2. The van der Waals surface area contributed by atoms with Gasteiger partial charge in [0.05, 0.1) is 11.3 Å². The molecule has 0 spiro atoms. The summed E-state index contributed by atoms with van der Waals surface area (Å²) >= 11 is 0.875. The van der Waals surface area contributed by atoms with Crippen LogP contribution in [0.5, 0.6) is 0 Å². The zero-order chi connectivity index (χ0) is 20.3. The fourth-order valence-electron chi connectivity index (χ4n) is 2.43. The number of alkyl halides is 3. The highest BCUT2D eigenvalue weighted by Crippen LogP contribution is 2.37. The fraction of sp³-hybridized carbons (Fsp3) is 0.167. The molecule has 0 unspecified atom stereocenters. The van der Waals surface area contributed by atoms with Gasteiger partial charge in [0, 0.05) is 12.1 Å². The molecule has 5 nitrogen and oxygen atoms in total. The van der Waals surface area contributed by atoms with Crippen molar-refractivity contribution in [1.82, 2.24) is 5.32 Å². The molecular formula is C18H13F4N3O2S. The van der Waals surface area contributed by atoms with E-state index in [-0.39, 0.29) is 17.3 Å². The topological polar surface area (TPSA) is 70.6 Å². The van der Waals surface area contributed by atoms with Crippen LogP contribution in [0.25, 0.3) is 0 Å². The molecule has 0 bridgehead atoms. The third-order valence-corrected chi connectivity index (χ3v) is 4.79. The van der Waals surface area contributed by atoms with Crippen LogP contribution in [0.2, 0.25) is 0 Å². The number of aliphatic imine (C=N–C) groups is 1. The predicted molar refractivity (Wildman–Crippen MR) is 97.7 cm³/mol. The first-order valence-corrected chi connectivity index (χ1v) is 8.88. The summed E-state index contributed by atoms with van der Waals surface area (Å²) in [6, 6.07) is 9.84. The Morgan fingerprint density at radius 1 is 1.14 bits per heavy atom. The number of benzene rings is 2. The van der Waals surface area contributed by atoms with Crippen molar-refractivity contribution in [3.63, 3.8) is 0 Å². The number of carbonyl (C=O) groups excluding carboxylic acids is 2. The zero-order valence-corrected chi connectivity index (χ0v) is 14.9. The molecule has 1 aliphatic rings. The molecule has 2 amide bonds. The molecule has 0 radical (unpaired) electrons. The Hall–Kier alpha value is -2.88. The van der Waals surface area contributed by atoms with Gasteiger partial charge in [0.25, 0.3) is 0 Å². The molecule has 1 saturated heterocycles.